The number of benzene rings is 3. The average Bonchev–Trinajstić information content (AvgIpc) is 2.88. The van der Waals surface area contributed by atoms with Gasteiger partial charge in [-0.2, -0.15) is 5.10 Å². The highest BCUT2D eigenvalue weighted by atomic mass is 19.1. The van der Waals surface area contributed by atoms with Crippen molar-refractivity contribution in [3.8, 4) is 23.0 Å². The molecule has 0 radical (unpaired) electrons. The highest BCUT2D eigenvalue weighted by Gasteiger charge is 2.13. The second-order valence-corrected chi connectivity index (χ2v) is 7.54. The Balaban J connectivity index is 1.67. The largest absolute Gasteiger partial charge is 0.493 e. The van der Waals surface area contributed by atoms with Crippen LogP contribution < -0.4 is 30.1 Å². The van der Waals surface area contributed by atoms with Crippen LogP contribution in [-0.2, 0) is 11.4 Å². The highest BCUT2D eigenvalue weighted by Crippen LogP contribution is 2.30. The summed E-state index contributed by atoms with van der Waals surface area (Å²) < 4.78 is 35.0. The number of nitrogens with one attached hydrogen (secondary N) is 1. The van der Waals surface area contributed by atoms with Crippen molar-refractivity contribution in [2.45, 2.75) is 13.5 Å². The first-order valence-electron chi connectivity index (χ1n) is 10.8. The molecule has 3 N–H and O–H groups in total. The Morgan fingerprint density at radius 1 is 0.889 bits per heavy atom. The van der Waals surface area contributed by atoms with E-state index in [1.54, 1.807) is 49.4 Å². The molecule has 10 heteroatoms. The van der Waals surface area contributed by atoms with Gasteiger partial charge in [0.05, 0.1) is 19.9 Å². The second kappa shape index (κ2) is 12.2. The van der Waals surface area contributed by atoms with E-state index in [-0.39, 0.29) is 19.0 Å². The number of nitrogens with zero attached hydrogens (tertiary/aromatic N) is 1. The lowest BCUT2D eigenvalue weighted by Gasteiger charge is -2.12. The normalized spacial score (nSPS) is 10.9. The smallest absolute Gasteiger partial charge is 0.271 e. The number of carbonyl (C=O) groups excluding carboxylic acids is 2. The quantitative estimate of drug-likeness (QED) is 0.311. The summed E-state index contributed by atoms with van der Waals surface area (Å²) in [7, 11) is 2.92. The lowest BCUT2D eigenvalue weighted by atomic mass is 10.1. The van der Waals surface area contributed by atoms with Gasteiger partial charge in [-0.15, -0.1) is 0 Å². The molecule has 0 saturated heterocycles. The molecule has 0 heterocycles. The van der Waals surface area contributed by atoms with Crippen molar-refractivity contribution in [3.63, 3.8) is 0 Å². The Kier molecular flexibility index (Phi) is 8.82. The summed E-state index contributed by atoms with van der Waals surface area (Å²) >= 11 is 0. The summed E-state index contributed by atoms with van der Waals surface area (Å²) in [4.78, 5) is 23.6. The number of ether oxygens (including phenoxy) is 4. The van der Waals surface area contributed by atoms with E-state index in [1.165, 1.54) is 32.4 Å². The summed E-state index contributed by atoms with van der Waals surface area (Å²) in [5.41, 5.74) is 9.74. The average molecular weight is 496 g/mol. The molecule has 188 valence electrons. The van der Waals surface area contributed by atoms with E-state index in [4.69, 9.17) is 24.7 Å². The molecule has 3 aromatic carbocycles. The predicted molar refractivity (Wildman–Crippen MR) is 131 cm³/mol. The van der Waals surface area contributed by atoms with Crippen LogP contribution in [0.4, 0.5) is 4.39 Å². The lowest BCUT2D eigenvalue weighted by Crippen LogP contribution is -2.20. The minimum absolute atomic E-state index is 0.138. The molecule has 0 bridgehead atoms. The SMILES string of the molecule is COc1cc(/C(C)=N\NC(=O)c2ccc(OCc3cccc(F)c3)c(OC)c2)ccc1OCC(N)=O. The van der Waals surface area contributed by atoms with E-state index in [0.29, 0.717) is 45.4 Å². The van der Waals surface area contributed by atoms with Gasteiger partial charge in [-0.05, 0) is 61.0 Å². The minimum atomic E-state index is -0.607. The Morgan fingerprint density at radius 2 is 1.53 bits per heavy atom. The van der Waals surface area contributed by atoms with Gasteiger partial charge in [0.1, 0.15) is 12.4 Å². The first-order valence-corrected chi connectivity index (χ1v) is 10.8. The molecule has 0 spiro atoms. The molecule has 36 heavy (non-hydrogen) atoms. The maximum Gasteiger partial charge on any atom is 0.271 e. The molecule has 0 aliphatic heterocycles. The van der Waals surface area contributed by atoms with Crippen LogP contribution in [0.1, 0.15) is 28.4 Å². The fraction of sp³-hybridized carbons (Fsp3) is 0.192. The van der Waals surface area contributed by atoms with Gasteiger partial charge in [0, 0.05) is 11.1 Å². The standard InChI is InChI=1S/C26H26FN3O6/c1-16(18-7-9-22(23(12-18)33-2)36-15-25(28)31)29-30-26(32)19-8-10-21(24(13-19)34-3)35-14-17-5-4-6-20(27)11-17/h4-13H,14-15H2,1-3H3,(H2,28,31)(H,30,32)/b29-16-. The molecular weight excluding hydrogens is 469 g/mol. The third kappa shape index (κ3) is 6.95. The van der Waals surface area contributed by atoms with Gasteiger partial charge < -0.3 is 24.7 Å². The molecule has 3 rings (SSSR count). The lowest BCUT2D eigenvalue weighted by molar-refractivity contribution is -0.119. The Labute approximate surface area is 207 Å². The summed E-state index contributed by atoms with van der Waals surface area (Å²) in [6.45, 7) is 1.57. The first-order chi connectivity index (χ1) is 17.3. The number of carbonyl (C=O) groups is 2. The topological polar surface area (TPSA) is 121 Å². The minimum Gasteiger partial charge on any atom is -0.493 e. The fourth-order valence-electron chi connectivity index (χ4n) is 3.14. The maximum absolute atomic E-state index is 13.4. The summed E-state index contributed by atoms with van der Waals surface area (Å²) in [5, 5.41) is 4.15. The number of halogens is 1. The van der Waals surface area contributed by atoms with Crippen molar-refractivity contribution >= 4 is 17.5 Å². The van der Waals surface area contributed by atoms with Crippen LogP contribution in [-0.4, -0.2) is 38.4 Å². The van der Waals surface area contributed by atoms with Gasteiger partial charge in [0.25, 0.3) is 11.8 Å². The van der Waals surface area contributed by atoms with Crippen molar-refractivity contribution in [1.29, 1.82) is 0 Å². The molecule has 0 aromatic heterocycles. The van der Waals surface area contributed by atoms with Gasteiger partial charge in [-0.3, -0.25) is 9.59 Å². The van der Waals surface area contributed by atoms with E-state index < -0.39 is 11.8 Å². The van der Waals surface area contributed by atoms with E-state index in [1.807, 2.05) is 0 Å². The Bertz CT molecular complexity index is 1280. The van der Waals surface area contributed by atoms with Gasteiger partial charge in [0.2, 0.25) is 0 Å². The van der Waals surface area contributed by atoms with E-state index in [0.717, 1.165) is 0 Å². The molecule has 2 amide bonds. The molecule has 0 aliphatic carbocycles. The summed E-state index contributed by atoms with van der Waals surface area (Å²) in [6, 6.07) is 15.8. The van der Waals surface area contributed by atoms with Crippen molar-refractivity contribution in [1.82, 2.24) is 5.43 Å². The van der Waals surface area contributed by atoms with Crippen LogP contribution in [0, 0.1) is 5.82 Å². The number of hydrogen-bond donors (Lipinski definition) is 2. The van der Waals surface area contributed by atoms with Crippen LogP contribution in [0.15, 0.2) is 65.8 Å². The molecular formula is C26H26FN3O6. The molecule has 0 aliphatic rings. The number of rotatable bonds is 11. The van der Waals surface area contributed by atoms with Crippen molar-refractivity contribution in [3.05, 3.63) is 83.2 Å². The maximum atomic E-state index is 13.4. The number of nitrogens with two attached hydrogens (primary N) is 1. The zero-order chi connectivity index (χ0) is 26.1. The number of hydrazone groups is 1. The van der Waals surface area contributed by atoms with Crippen LogP contribution in [0.5, 0.6) is 23.0 Å². The van der Waals surface area contributed by atoms with Gasteiger partial charge in [0.15, 0.2) is 29.6 Å². The monoisotopic (exact) mass is 495 g/mol. The fourth-order valence-corrected chi connectivity index (χ4v) is 3.14. The zero-order valence-corrected chi connectivity index (χ0v) is 20.0. The highest BCUT2D eigenvalue weighted by molar-refractivity contribution is 6.01. The van der Waals surface area contributed by atoms with Crippen molar-refractivity contribution in [2.75, 3.05) is 20.8 Å². The summed E-state index contributed by atoms with van der Waals surface area (Å²) in [5.74, 6) is 0.0653. The molecule has 3 aromatic rings. The molecule has 9 nitrogen and oxygen atoms in total. The number of amides is 2. The van der Waals surface area contributed by atoms with E-state index in [2.05, 4.69) is 10.5 Å². The van der Waals surface area contributed by atoms with Gasteiger partial charge in [-0.1, -0.05) is 12.1 Å². The van der Waals surface area contributed by atoms with Crippen LogP contribution in [0.2, 0.25) is 0 Å². The van der Waals surface area contributed by atoms with Crippen molar-refractivity contribution in [2.24, 2.45) is 10.8 Å². The van der Waals surface area contributed by atoms with Crippen LogP contribution >= 0.6 is 0 Å². The predicted octanol–water partition coefficient (Wildman–Crippen LogP) is 3.44. The van der Waals surface area contributed by atoms with E-state index in [9.17, 15) is 14.0 Å². The summed E-state index contributed by atoms with van der Waals surface area (Å²) in [6.07, 6.45) is 0. The third-order valence-electron chi connectivity index (χ3n) is 4.99. The second-order valence-electron chi connectivity index (χ2n) is 7.54. The Morgan fingerprint density at radius 3 is 2.17 bits per heavy atom. The number of primary amides is 1. The van der Waals surface area contributed by atoms with Gasteiger partial charge in [-0.25, -0.2) is 9.82 Å². The Hall–Kier alpha value is -4.60. The van der Waals surface area contributed by atoms with Crippen LogP contribution in [0.25, 0.3) is 0 Å². The number of methoxy groups -OCH3 is 2. The molecule has 0 saturated carbocycles. The van der Waals surface area contributed by atoms with Crippen LogP contribution in [0.3, 0.4) is 0 Å². The third-order valence-corrected chi connectivity index (χ3v) is 4.99. The van der Waals surface area contributed by atoms with E-state index >= 15 is 0 Å². The number of hydrogen-bond acceptors (Lipinski definition) is 7. The molecule has 0 atom stereocenters. The van der Waals surface area contributed by atoms with Gasteiger partial charge >= 0.3 is 0 Å². The van der Waals surface area contributed by atoms with Crippen molar-refractivity contribution < 1.29 is 32.9 Å². The molecule has 0 unspecified atom stereocenters. The zero-order valence-electron chi connectivity index (χ0n) is 20.0. The molecule has 0 fully saturated rings. The first kappa shape index (κ1) is 26.0.